The average molecular weight is 365 g/mol. The first-order chi connectivity index (χ1) is 12.4. The van der Waals surface area contributed by atoms with E-state index in [-0.39, 0.29) is 18.1 Å². The van der Waals surface area contributed by atoms with Gasteiger partial charge in [0.1, 0.15) is 6.54 Å². The lowest BCUT2D eigenvalue weighted by Gasteiger charge is -2.15. The van der Waals surface area contributed by atoms with Crippen molar-refractivity contribution in [3.8, 4) is 11.5 Å². The van der Waals surface area contributed by atoms with Crippen molar-refractivity contribution in [3.05, 3.63) is 53.6 Å². The number of quaternary nitrogens is 1. The molecule has 0 radical (unpaired) electrons. The third kappa shape index (κ3) is 5.42. The van der Waals surface area contributed by atoms with Crippen molar-refractivity contribution < 1.29 is 27.9 Å². The van der Waals surface area contributed by atoms with Gasteiger partial charge < -0.3 is 19.7 Å². The largest absolute Gasteiger partial charge is 0.493 e. The van der Waals surface area contributed by atoms with Crippen molar-refractivity contribution in [1.29, 1.82) is 0 Å². The molecule has 0 spiro atoms. The van der Waals surface area contributed by atoms with Crippen LogP contribution in [-0.2, 0) is 11.3 Å². The molecule has 0 aliphatic carbocycles. The molecule has 0 saturated heterocycles. The quantitative estimate of drug-likeness (QED) is 0.753. The summed E-state index contributed by atoms with van der Waals surface area (Å²) in [6, 6.07) is 8.90. The van der Waals surface area contributed by atoms with Crippen LogP contribution >= 0.6 is 0 Å². The van der Waals surface area contributed by atoms with Gasteiger partial charge in [-0.2, -0.15) is 0 Å². The van der Waals surface area contributed by atoms with Gasteiger partial charge in [0.05, 0.1) is 20.8 Å². The zero-order valence-electron chi connectivity index (χ0n) is 15.1. The highest BCUT2D eigenvalue weighted by Gasteiger charge is 2.14. The van der Waals surface area contributed by atoms with Crippen molar-refractivity contribution in [3.63, 3.8) is 0 Å². The van der Waals surface area contributed by atoms with Gasteiger partial charge in [-0.15, -0.1) is 0 Å². The van der Waals surface area contributed by atoms with Gasteiger partial charge in [0.2, 0.25) is 0 Å². The van der Waals surface area contributed by atoms with E-state index in [0.717, 1.165) is 22.6 Å². The van der Waals surface area contributed by atoms with Gasteiger partial charge in [-0.3, -0.25) is 4.79 Å². The predicted molar refractivity (Wildman–Crippen MR) is 94.6 cm³/mol. The first-order valence-electron chi connectivity index (χ1n) is 8.28. The lowest BCUT2D eigenvalue weighted by Crippen LogP contribution is -3.08. The molecule has 1 unspecified atom stereocenters. The Morgan fingerprint density at radius 3 is 2.54 bits per heavy atom. The summed E-state index contributed by atoms with van der Waals surface area (Å²) in [5.41, 5.74) is 1.22. The molecular formula is C19H23F2N2O3+. The number of anilines is 1. The van der Waals surface area contributed by atoms with Gasteiger partial charge >= 0.3 is 0 Å². The molecule has 2 N–H and O–H groups in total. The Morgan fingerprint density at radius 1 is 1.12 bits per heavy atom. The van der Waals surface area contributed by atoms with Gasteiger partial charge in [-0.1, -0.05) is 0 Å². The molecule has 26 heavy (non-hydrogen) atoms. The number of hydrogen-bond donors (Lipinski definition) is 2. The number of nitrogens with one attached hydrogen (secondary N) is 2. The lowest BCUT2D eigenvalue weighted by atomic mass is 10.2. The maximum Gasteiger partial charge on any atom is 0.279 e. The van der Waals surface area contributed by atoms with Crippen molar-refractivity contribution in [1.82, 2.24) is 0 Å². The second-order valence-corrected chi connectivity index (χ2v) is 5.91. The SMILES string of the molecule is CCOc1ccc(C[NH+](C)CC(=O)Nc2ccc(F)c(F)c2)cc1OC. The number of likely N-dealkylation sites (N-methyl/N-ethyl adjacent to an activating group) is 1. The van der Waals surface area contributed by atoms with Crippen LogP contribution < -0.4 is 19.7 Å². The van der Waals surface area contributed by atoms with E-state index in [2.05, 4.69) is 5.32 Å². The van der Waals surface area contributed by atoms with Crippen LogP contribution in [0.25, 0.3) is 0 Å². The Balaban J connectivity index is 1.94. The second-order valence-electron chi connectivity index (χ2n) is 5.91. The van der Waals surface area contributed by atoms with E-state index in [0.29, 0.717) is 24.7 Å². The minimum Gasteiger partial charge on any atom is -0.493 e. The molecule has 0 aromatic heterocycles. The fraction of sp³-hybridized carbons (Fsp3) is 0.316. The summed E-state index contributed by atoms with van der Waals surface area (Å²) < 4.78 is 36.9. The molecule has 1 amide bonds. The smallest absolute Gasteiger partial charge is 0.279 e. The Morgan fingerprint density at radius 2 is 1.88 bits per heavy atom. The minimum atomic E-state index is -0.995. The van der Waals surface area contributed by atoms with Crippen LogP contribution in [0.3, 0.4) is 0 Å². The molecule has 5 nitrogen and oxygen atoms in total. The van der Waals surface area contributed by atoms with Crippen molar-refractivity contribution in [2.24, 2.45) is 0 Å². The molecule has 0 fully saturated rings. The molecule has 0 saturated carbocycles. The highest BCUT2D eigenvalue weighted by molar-refractivity contribution is 5.91. The summed E-state index contributed by atoms with van der Waals surface area (Å²) in [5, 5.41) is 2.56. The summed E-state index contributed by atoms with van der Waals surface area (Å²) in [7, 11) is 3.45. The van der Waals surface area contributed by atoms with E-state index in [9.17, 15) is 13.6 Å². The molecule has 1 atom stereocenters. The third-order valence-electron chi connectivity index (χ3n) is 3.70. The molecule has 0 aliphatic heterocycles. The van der Waals surface area contributed by atoms with E-state index in [4.69, 9.17) is 9.47 Å². The van der Waals surface area contributed by atoms with Gasteiger partial charge in [-0.25, -0.2) is 8.78 Å². The maximum atomic E-state index is 13.2. The van der Waals surface area contributed by atoms with E-state index < -0.39 is 11.6 Å². The number of methoxy groups -OCH3 is 1. The number of carbonyl (C=O) groups is 1. The van der Waals surface area contributed by atoms with Gasteiger partial charge in [0, 0.05) is 17.3 Å². The summed E-state index contributed by atoms with van der Waals surface area (Å²) in [6.45, 7) is 3.21. The summed E-state index contributed by atoms with van der Waals surface area (Å²) in [5.74, 6) is -0.914. The van der Waals surface area contributed by atoms with Crippen LogP contribution in [0.15, 0.2) is 36.4 Å². The lowest BCUT2D eigenvalue weighted by molar-refractivity contribution is -0.885. The van der Waals surface area contributed by atoms with Gasteiger partial charge in [0.25, 0.3) is 5.91 Å². The molecule has 2 rings (SSSR count). The molecule has 0 bridgehead atoms. The molecule has 0 heterocycles. The maximum absolute atomic E-state index is 13.2. The normalized spacial score (nSPS) is 11.7. The number of hydrogen-bond acceptors (Lipinski definition) is 3. The highest BCUT2D eigenvalue weighted by atomic mass is 19.2. The first-order valence-corrected chi connectivity index (χ1v) is 8.28. The number of rotatable bonds is 8. The monoisotopic (exact) mass is 365 g/mol. The van der Waals surface area contributed by atoms with Crippen LogP contribution in [0.5, 0.6) is 11.5 Å². The van der Waals surface area contributed by atoms with Crippen LogP contribution in [0.1, 0.15) is 12.5 Å². The standard InChI is InChI=1S/C19H22F2N2O3/c1-4-26-17-8-5-13(9-18(17)25-3)11-23(2)12-19(24)22-14-6-7-15(20)16(21)10-14/h5-10H,4,11-12H2,1-3H3,(H,22,24)/p+1. The number of ether oxygens (including phenoxy) is 2. The van der Waals surface area contributed by atoms with E-state index in [1.165, 1.54) is 6.07 Å². The van der Waals surface area contributed by atoms with Crippen molar-refractivity contribution in [2.75, 3.05) is 32.6 Å². The number of amides is 1. The molecular weight excluding hydrogens is 342 g/mol. The van der Waals surface area contributed by atoms with E-state index in [1.807, 2.05) is 32.2 Å². The first kappa shape index (κ1) is 19.7. The fourth-order valence-electron chi connectivity index (χ4n) is 2.56. The summed E-state index contributed by atoms with van der Waals surface area (Å²) in [4.78, 5) is 13.0. The second kappa shape index (κ2) is 9.15. The van der Waals surface area contributed by atoms with Crippen LogP contribution in [-0.4, -0.2) is 33.2 Å². The number of halogens is 2. The Bertz CT molecular complexity index is 768. The van der Waals surface area contributed by atoms with E-state index in [1.54, 1.807) is 7.11 Å². The van der Waals surface area contributed by atoms with Gasteiger partial charge in [-0.05, 0) is 37.3 Å². The summed E-state index contributed by atoms with van der Waals surface area (Å²) >= 11 is 0. The highest BCUT2D eigenvalue weighted by Crippen LogP contribution is 2.27. The van der Waals surface area contributed by atoms with Crippen LogP contribution in [0.2, 0.25) is 0 Å². The third-order valence-corrected chi connectivity index (χ3v) is 3.70. The fourth-order valence-corrected chi connectivity index (χ4v) is 2.56. The zero-order chi connectivity index (χ0) is 19.1. The molecule has 0 aliphatic rings. The Labute approximate surface area is 151 Å². The van der Waals surface area contributed by atoms with Crippen molar-refractivity contribution in [2.45, 2.75) is 13.5 Å². The van der Waals surface area contributed by atoms with E-state index >= 15 is 0 Å². The zero-order valence-corrected chi connectivity index (χ0v) is 15.1. The number of benzene rings is 2. The number of carbonyl (C=O) groups excluding carboxylic acids is 1. The topological polar surface area (TPSA) is 52.0 Å². The minimum absolute atomic E-state index is 0.175. The van der Waals surface area contributed by atoms with Crippen LogP contribution in [0, 0.1) is 11.6 Å². The molecule has 2 aromatic rings. The predicted octanol–water partition coefficient (Wildman–Crippen LogP) is 2.03. The van der Waals surface area contributed by atoms with Crippen molar-refractivity contribution >= 4 is 11.6 Å². The van der Waals surface area contributed by atoms with Crippen LogP contribution in [0.4, 0.5) is 14.5 Å². The van der Waals surface area contributed by atoms with Gasteiger partial charge in [0.15, 0.2) is 29.7 Å². The molecule has 7 heteroatoms. The Hall–Kier alpha value is -2.67. The summed E-state index contributed by atoms with van der Waals surface area (Å²) in [6.07, 6.45) is 0. The Kier molecular flexibility index (Phi) is 6.91. The molecule has 140 valence electrons. The average Bonchev–Trinajstić information content (AvgIpc) is 2.59. The molecule has 2 aromatic carbocycles.